The number of fused-ring (bicyclic) bond motifs is 1. The lowest BCUT2D eigenvalue weighted by molar-refractivity contribution is 0.151. The molecule has 1 aromatic heterocycles. The minimum Gasteiger partial charge on any atom is -0.496 e. The Morgan fingerprint density at radius 1 is 1.40 bits per heavy atom. The fourth-order valence-corrected chi connectivity index (χ4v) is 1.98. The molecule has 1 aromatic carbocycles. The van der Waals surface area contributed by atoms with Gasteiger partial charge in [0.05, 0.1) is 12.7 Å². The third-order valence-electron chi connectivity index (χ3n) is 3.11. The Balaban J connectivity index is 2.24. The monoisotopic (exact) mass is 203 g/mol. The average molecular weight is 203 g/mol. The molecule has 1 aliphatic rings. The number of ether oxygens (including phenoxy) is 1. The van der Waals surface area contributed by atoms with Crippen molar-refractivity contribution in [3.05, 3.63) is 30.0 Å². The summed E-state index contributed by atoms with van der Waals surface area (Å²) in [6.45, 7) is 0. The summed E-state index contributed by atoms with van der Waals surface area (Å²) in [5, 5.41) is 11.1. The lowest BCUT2D eigenvalue weighted by Crippen LogP contribution is -2.04. The van der Waals surface area contributed by atoms with Crippen LogP contribution in [0, 0.1) is 0 Å². The molecule has 0 bridgehead atoms. The Bertz CT molecular complexity index is 511. The van der Waals surface area contributed by atoms with Crippen LogP contribution in [0.2, 0.25) is 0 Å². The Hall–Kier alpha value is -1.48. The zero-order valence-corrected chi connectivity index (χ0v) is 8.58. The molecule has 0 aliphatic heterocycles. The van der Waals surface area contributed by atoms with Crippen molar-refractivity contribution in [2.75, 3.05) is 7.11 Å². The summed E-state index contributed by atoms with van der Waals surface area (Å²) in [5.74, 6) is 0.823. The highest BCUT2D eigenvalue weighted by Crippen LogP contribution is 2.47. The van der Waals surface area contributed by atoms with Crippen LogP contribution >= 0.6 is 0 Å². The second kappa shape index (κ2) is 2.76. The first-order chi connectivity index (χ1) is 7.23. The Kier molecular flexibility index (Phi) is 1.62. The largest absolute Gasteiger partial charge is 0.496 e. The molecule has 0 spiro atoms. The van der Waals surface area contributed by atoms with E-state index in [-0.39, 0.29) is 0 Å². The first-order valence-electron chi connectivity index (χ1n) is 5.11. The molecule has 0 amide bonds. The van der Waals surface area contributed by atoms with Gasteiger partial charge in [-0.2, -0.15) is 0 Å². The molecule has 1 aliphatic carbocycles. The summed E-state index contributed by atoms with van der Waals surface area (Å²) in [7, 11) is 1.66. The summed E-state index contributed by atoms with van der Waals surface area (Å²) in [5.41, 5.74) is 1.37. The highest BCUT2D eigenvalue weighted by Gasteiger charge is 2.42. The van der Waals surface area contributed by atoms with E-state index in [9.17, 15) is 5.11 Å². The van der Waals surface area contributed by atoms with Crippen LogP contribution in [0.4, 0.5) is 0 Å². The third kappa shape index (κ3) is 1.23. The summed E-state index contributed by atoms with van der Waals surface area (Å²) in [4.78, 5) is 3.14. The SMILES string of the molecule is COc1cc(C2(O)CC2)cc2[nH]ccc12. The number of nitrogens with one attached hydrogen (secondary N) is 1. The summed E-state index contributed by atoms with van der Waals surface area (Å²) in [6, 6.07) is 5.92. The number of benzene rings is 1. The molecule has 0 atom stereocenters. The molecule has 1 saturated carbocycles. The van der Waals surface area contributed by atoms with Crippen LogP contribution in [0.5, 0.6) is 5.75 Å². The zero-order valence-electron chi connectivity index (χ0n) is 8.58. The first kappa shape index (κ1) is 8.80. The van der Waals surface area contributed by atoms with E-state index in [1.165, 1.54) is 0 Å². The van der Waals surface area contributed by atoms with Gasteiger partial charge in [-0.25, -0.2) is 0 Å². The molecular formula is C12H13NO2. The van der Waals surface area contributed by atoms with Crippen molar-refractivity contribution >= 4 is 10.9 Å². The van der Waals surface area contributed by atoms with Crippen molar-refractivity contribution in [2.24, 2.45) is 0 Å². The maximum atomic E-state index is 10.0. The van der Waals surface area contributed by atoms with Gasteiger partial charge in [-0.3, -0.25) is 0 Å². The zero-order chi connectivity index (χ0) is 10.5. The predicted molar refractivity (Wildman–Crippen MR) is 58.0 cm³/mol. The highest BCUT2D eigenvalue weighted by molar-refractivity contribution is 5.86. The number of rotatable bonds is 2. The van der Waals surface area contributed by atoms with E-state index in [0.29, 0.717) is 0 Å². The standard InChI is InChI=1S/C12H13NO2/c1-15-11-7-8(12(14)3-4-12)6-10-9(11)2-5-13-10/h2,5-7,13-14H,3-4H2,1H3. The minimum absolute atomic E-state index is 0.605. The number of H-pyrrole nitrogens is 1. The van der Waals surface area contributed by atoms with Gasteiger partial charge in [-0.05, 0) is 36.6 Å². The maximum Gasteiger partial charge on any atom is 0.128 e. The van der Waals surface area contributed by atoms with E-state index < -0.39 is 5.60 Å². The van der Waals surface area contributed by atoms with E-state index in [1.807, 2.05) is 24.4 Å². The Morgan fingerprint density at radius 3 is 2.87 bits per heavy atom. The van der Waals surface area contributed by atoms with Crippen LogP contribution in [0.25, 0.3) is 10.9 Å². The van der Waals surface area contributed by atoms with Crippen molar-refractivity contribution < 1.29 is 9.84 Å². The number of methoxy groups -OCH3 is 1. The maximum absolute atomic E-state index is 10.0. The van der Waals surface area contributed by atoms with E-state index in [0.717, 1.165) is 35.1 Å². The Morgan fingerprint density at radius 2 is 2.20 bits per heavy atom. The van der Waals surface area contributed by atoms with E-state index in [2.05, 4.69) is 4.98 Å². The fourth-order valence-electron chi connectivity index (χ4n) is 1.98. The normalized spacial score (nSPS) is 18.0. The van der Waals surface area contributed by atoms with Crippen LogP contribution < -0.4 is 4.74 Å². The summed E-state index contributed by atoms with van der Waals surface area (Å²) < 4.78 is 5.32. The van der Waals surface area contributed by atoms with Crippen LogP contribution in [0.3, 0.4) is 0 Å². The molecule has 3 heteroatoms. The van der Waals surface area contributed by atoms with E-state index in [1.54, 1.807) is 7.11 Å². The molecule has 0 radical (unpaired) electrons. The van der Waals surface area contributed by atoms with Gasteiger partial charge in [0.15, 0.2) is 0 Å². The number of aromatic nitrogens is 1. The highest BCUT2D eigenvalue weighted by atomic mass is 16.5. The van der Waals surface area contributed by atoms with Crippen molar-refractivity contribution in [1.82, 2.24) is 4.98 Å². The second-order valence-electron chi connectivity index (χ2n) is 4.15. The molecule has 0 saturated heterocycles. The van der Waals surface area contributed by atoms with Crippen LogP contribution in [0.1, 0.15) is 18.4 Å². The Labute approximate surface area is 87.7 Å². The van der Waals surface area contributed by atoms with Gasteiger partial charge < -0.3 is 14.8 Å². The molecule has 1 fully saturated rings. The van der Waals surface area contributed by atoms with E-state index >= 15 is 0 Å². The molecule has 2 aromatic rings. The molecule has 1 heterocycles. The van der Waals surface area contributed by atoms with Crippen molar-refractivity contribution in [3.63, 3.8) is 0 Å². The van der Waals surface area contributed by atoms with Crippen molar-refractivity contribution in [1.29, 1.82) is 0 Å². The van der Waals surface area contributed by atoms with Crippen molar-refractivity contribution in [3.8, 4) is 5.75 Å². The molecule has 15 heavy (non-hydrogen) atoms. The van der Waals surface area contributed by atoms with Crippen LogP contribution in [-0.4, -0.2) is 17.2 Å². The molecule has 78 valence electrons. The van der Waals surface area contributed by atoms with Crippen LogP contribution in [-0.2, 0) is 5.60 Å². The van der Waals surface area contributed by atoms with Gasteiger partial charge in [-0.15, -0.1) is 0 Å². The predicted octanol–water partition coefficient (Wildman–Crippen LogP) is 2.16. The average Bonchev–Trinajstić information content (AvgIpc) is 2.82. The topological polar surface area (TPSA) is 45.2 Å². The van der Waals surface area contributed by atoms with Gasteiger partial charge in [0.25, 0.3) is 0 Å². The lowest BCUT2D eigenvalue weighted by Gasteiger charge is -2.10. The fraction of sp³-hybridized carbons (Fsp3) is 0.333. The molecular weight excluding hydrogens is 190 g/mol. The molecule has 3 nitrogen and oxygen atoms in total. The van der Waals surface area contributed by atoms with Crippen molar-refractivity contribution in [2.45, 2.75) is 18.4 Å². The van der Waals surface area contributed by atoms with E-state index in [4.69, 9.17) is 4.74 Å². The second-order valence-corrected chi connectivity index (χ2v) is 4.15. The molecule has 3 rings (SSSR count). The van der Waals surface area contributed by atoms with Gasteiger partial charge in [0, 0.05) is 17.1 Å². The first-order valence-corrected chi connectivity index (χ1v) is 5.11. The smallest absolute Gasteiger partial charge is 0.128 e. The summed E-state index contributed by atoms with van der Waals surface area (Å²) in [6.07, 6.45) is 3.58. The number of aromatic amines is 1. The number of hydrogen-bond acceptors (Lipinski definition) is 2. The van der Waals surface area contributed by atoms with Gasteiger partial charge >= 0.3 is 0 Å². The van der Waals surface area contributed by atoms with Crippen LogP contribution in [0.15, 0.2) is 24.4 Å². The number of aliphatic hydroxyl groups is 1. The van der Waals surface area contributed by atoms with Gasteiger partial charge in [0.2, 0.25) is 0 Å². The van der Waals surface area contributed by atoms with Gasteiger partial charge in [-0.1, -0.05) is 0 Å². The molecule has 0 unspecified atom stereocenters. The quantitative estimate of drug-likeness (QED) is 0.785. The minimum atomic E-state index is -0.605. The summed E-state index contributed by atoms with van der Waals surface area (Å²) >= 11 is 0. The number of hydrogen-bond donors (Lipinski definition) is 2. The lowest BCUT2D eigenvalue weighted by atomic mass is 10.1. The molecule has 2 N–H and O–H groups in total. The third-order valence-corrected chi connectivity index (χ3v) is 3.11. The van der Waals surface area contributed by atoms with Gasteiger partial charge in [0.1, 0.15) is 5.75 Å².